The van der Waals surface area contributed by atoms with Crippen molar-refractivity contribution in [3.8, 4) is 11.5 Å². The lowest BCUT2D eigenvalue weighted by molar-refractivity contribution is 0.108. The van der Waals surface area contributed by atoms with Crippen LogP contribution in [0.5, 0.6) is 11.5 Å². The average Bonchev–Trinajstić information content (AvgIpc) is 2.75. The molecule has 0 aliphatic carbocycles. The summed E-state index contributed by atoms with van der Waals surface area (Å²) in [6.45, 7) is 11.4. The fourth-order valence-electron chi connectivity index (χ4n) is 3.19. The van der Waals surface area contributed by atoms with Crippen molar-refractivity contribution >= 4 is 6.16 Å². The molecule has 2 aromatic rings. The summed E-state index contributed by atoms with van der Waals surface area (Å²) in [5, 5.41) is 0. The summed E-state index contributed by atoms with van der Waals surface area (Å²) in [5.41, 5.74) is 1.93. The molecule has 0 amide bonds. The van der Waals surface area contributed by atoms with E-state index < -0.39 is 6.16 Å². The molecule has 0 aromatic heterocycles. The lowest BCUT2D eigenvalue weighted by atomic mass is 10.1. The maximum Gasteiger partial charge on any atom is 0.519 e. The summed E-state index contributed by atoms with van der Waals surface area (Å²) in [5.74, 6) is 2.11. The van der Waals surface area contributed by atoms with Crippen LogP contribution in [0.15, 0.2) is 48.5 Å². The number of carbonyl (C=O) groups excluding carboxylic acids is 1. The van der Waals surface area contributed by atoms with Crippen LogP contribution in [0.1, 0.15) is 51.7 Å². The number of hydrogen-bond donors (Lipinski definition) is 0. The van der Waals surface area contributed by atoms with Crippen molar-refractivity contribution in [3.05, 3.63) is 59.7 Å². The molecule has 0 unspecified atom stereocenters. The van der Waals surface area contributed by atoms with Gasteiger partial charge in [0.15, 0.2) is 0 Å². The highest BCUT2D eigenvalue weighted by molar-refractivity contribution is 5.68. The van der Waals surface area contributed by atoms with Gasteiger partial charge in [-0.3, -0.25) is 0 Å². The molecule has 176 valence electrons. The van der Waals surface area contributed by atoms with Gasteiger partial charge in [-0.15, -0.1) is 0 Å². The smallest absolute Gasteiger partial charge is 0.394 e. The zero-order chi connectivity index (χ0) is 23.2. The molecule has 0 saturated carbocycles. The lowest BCUT2D eigenvalue weighted by Gasteiger charge is -2.13. The molecule has 2 aromatic carbocycles. The Kier molecular flexibility index (Phi) is 11.8. The van der Waals surface area contributed by atoms with Crippen LogP contribution in [0.4, 0.5) is 4.79 Å². The maximum atomic E-state index is 12.5. The van der Waals surface area contributed by atoms with E-state index in [4.69, 9.17) is 18.9 Å². The normalized spacial score (nSPS) is 11.2. The molecule has 5 heteroatoms. The van der Waals surface area contributed by atoms with Gasteiger partial charge in [-0.25, -0.2) is 4.79 Å². The first kappa shape index (κ1) is 25.9. The Morgan fingerprint density at radius 2 is 1.09 bits per heavy atom. The first-order chi connectivity index (χ1) is 15.5. The summed E-state index contributed by atoms with van der Waals surface area (Å²) in [6, 6.07) is 15.1. The molecular weight excluding hydrogens is 404 g/mol. The van der Waals surface area contributed by atoms with Gasteiger partial charge in [0, 0.05) is 26.4 Å². The van der Waals surface area contributed by atoms with E-state index in [2.05, 4.69) is 27.7 Å². The zero-order valence-electron chi connectivity index (χ0n) is 20.0. The van der Waals surface area contributed by atoms with E-state index in [1.807, 2.05) is 36.4 Å². The van der Waals surface area contributed by atoms with E-state index in [1.54, 1.807) is 12.1 Å². The van der Waals surface area contributed by atoms with Crippen molar-refractivity contribution in [2.24, 2.45) is 11.8 Å². The van der Waals surface area contributed by atoms with Crippen LogP contribution in [0, 0.1) is 11.8 Å². The minimum Gasteiger partial charge on any atom is -0.394 e. The van der Waals surface area contributed by atoms with E-state index >= 15 is 0 Å². The number of hydrogen-bond acceptors (Lipinski definition) is 5. The van der Waals surface area contributed by atoms with Crippen molar-refractivity contribution < 1.29 is 23.7 Å². The predicted molar refractivity (Wildman–Crippen MR) is 127 cm³/mol. The summed E-state index contributed by atoms with van der Waals surface area (Å²) in [4.78, 5) is 12.5. The van der Waals surface area contributed by atoms with Gasteiger partial charge in [0.1, 0.15) is 11.5 Å². The minimum absolute atomic E-state index is 0.524. The Hall–Kier alpha value is -2.37. The standard InChI is InChI=1S/C27H38O5/c1-21(2)19-29-17-9-13-23-11-5-7-15-25(23)31-27(28)32-26-16-8-6-12-24(26)14-10-18-30-20-22(3)4/h5-8,11-12,15-16,21-22H,9-10,13-14,17-20H2,1-4H3. The van der Waals surface area contributed by atoms with Crippen molar-refractivity contribution in [2.45, 2.75) is 53.4 Å². The molecule has 0 radical (unpaired) electrons. The van der Waals surface area contributed by atoms with Crippen LogP contribution in [-0.2, 0) is 22.3 Å². The summed E-state index contributed by atoms with van der Waals surface area (Å²) in [7, 11) is 0. The van der Waals surface area contributed by atoms with Crippen molar-refractivity contribution in [1.29, 1.82) is 0 Å². The van der Waals surface area contributed by atoms with Gasteiger partial charge in [-0.05, 0) is 60.8 Å². The van der Waals surface area contributed by atoms with Crippen LogP contribution < -0.4 is 9.47 Å². The SMILES string of the molecule is CC(C)COCCCc1ccccc1OC(=O)Oc1ccccc1CCCOCC(C)C. The Morgan fingerprint density at radius 1 is 0.688 bits per heavy atom. The Balaban J connectivity index is 1.86. The molecule has 0 bridgehead atoms. The Morgan fingerprint density at radius 3 is 1.50 bits per heavy atom. The van der Waals surface area contributed by atoms with E-state index in [-0.39, 0.29) is 0 Å². The number of para-hydroxylation sites is 2. The molecule has 5 nitrogen and oxygen atoms in total. The van der Waals surface area contributed by atoms with Crippen molar-refractivity contribution in [2.75, 3.05) is 26.4 Å². The molecule has 0 atom stereocenters. The molecular formula is C27H38O5. The lowest BCUT2D eigenvalue weighted by Crippen LogP contribution is -2.16. The second-order valence-corrected chi connectivity index (χ2v) is 8.81. The molecule has 0 heterocycles. The molecule has 0 saturated heterocycles. The quantitative estimate of drug-likeness (QED) is 0.190. The molecule has 0 spiro atoms. The third-order valence-corrected chi connectivity index (χ3v) is 4.70. The number of benzene rings is 2. The molecule has 0 fully saturated rings. The third-order valence-electron chi connectivity index (χ3n) is 4.70. The highest BCUT2D eigenvalue weighted by Crippen LogP contribution is 2.23. The molecule has 2 rings (SSSR count). The fraction of sp³-hybridized carbons (Fsp3) is 0.519. The minimum atomic E-state index is -0.725. The maximum absolute atomic E-state index is 12.5. The van der Waals surface area contributed by atoms with Crippen LogP contribution in [0.3, 0.4) is 0 Å². The Labute approximate surface area is 193 Å². The summed E-state index contributed by atoms with van der Waals surface area (Å²) < 4.78 is 22.4. The predicted octanol–water partition coefficient (Wildman–Crippen LogP) is 6.47. The van der Waals surface area contributed by atoms with Gasteiger partial charge in [0.05, 0.1) is 0 Å². The monoisotopic (exact) mass is 442 g/mol. The van der Waals surface area contributed by atoms with Gasteiger partial charge in [-0.2, -0.15) is 0 Å². The zero-order valence-corrected chi connectivity index (χ0v) is 20.0. The van der Waals surface area contributed by atoms with Crippen LogP contribution in [0.25, 0.3) is 0 Å². The second-order valence-electron chi connectivity index (χ2n) is 8.81. The first-order valence-electron chi connectivity index (χ1n) is 11.7. The third kappa shape index (κ3) is 10.3. The fourth-order valence-corrected chi connectivity index (χ4v) is 3.19. The van der Waals surface area contributed by atoms with Gasteiger partial charge < -0.3 is 18.9 Å². The van der Waals surface area contributed by atoms with Gasteiger partial charge in [0.25, 0.3) is 0 Å². The van der Waals surface area contributed by atoms with Crippen LogP contribution in [-0.4, -0.2) is 32.6 Å². The van der Waals surface area contributed by atoms with Crippen LogP contribution in [0.2, 0.25) is 0 Å². The highest BCUT2D eigenvalue weighted by Gasteiger charge is 2.13. The summed E-state index contributed by atoms with van der Waals surface area (Å²) >= 11 is 0. The van der Waals surface area contributed by atoms with Gasteiger partial charge >= 0.3 is 6.16 Å². The van der Waals surface area contributed by atoms with E-state index in [0.29, 0.717) is 36.5 Å². The molecule has 0 aliphatic rings. The number of aryl methyl sites for hydroxylation is 2. The van der Waals surface area contributed by atoms with Gasteiger partial charge in [-0.1, -0.05) is 64.1 Å². The van der Waals surface area contributed by atoms with Crippen molar-refractivity contribution in [3.63, 3.8) is 0 Å². The number of ether oxygens (including phenoxy) is 4. The summed E-state index contributed by atoms with van der Waals surface area (Å²) in [6.07, 6.45) is 2.55. The van der Waals surface area contributed by atoms with Crippen molar-refractivity contribution in [1.82, 2.24) is 0 Å². The van der Waals surface area contributed by atoms with Gasteiger partial charge in [0.2, 0.25) is 0 Å². The highest BCUT2D eigenvalue weighted by atomic mass is 16.7. The van der Waals surface area contributed by atoms with E-state index in [9.17, 15) is 4.79 Å². The molecule has 32 heavy (non-hydrogen) atoms. The number of rotatable bonds is 14. The van der Waals surface area contributed by atoms with E-state index in [0.717, 1.165) is 50.0 Å². The van der Waals surface area contributed by atoms with E-state index in [1.165, 1.54) is 0 Å². The topological polar surface area (TPSA) is 54.0 Å². The largest absolute Gasteiger partial charge is 0.519 e. The molecule has 0 N–H and O–H groups in total. The number of carbonyl (C=O) groups is 1. The van der Waals surface area contributed by atoms with Crippen LogP contribution >= 0.6 is 0 Å². The second kappa shape index (κ2) is 14.6. The Bertz CT molecular complexity index is 735. The first-order valence-corrected chi connectivity index (χ1v) is 11.7. The molecule has 0 aliphatic heterocycles. The average molecular weight is 443 g/mol.